The van der Waals surface area contributed by atoms with E-state index in [0.29, 0.717) is 5.75 Å². The number of thioether (sulfide) groups is 1. The molecule has 2 atom stereocenters. The van der Waals surface area contributed by atoms with Gasteiger partial charge in [0.1, 0.15) is 30.0 Å². The lowest BCUT2D eigenvalue weighted by Gasteiger charge is -2.33. The number of aromatic hydroxyl groups is 1. The van der Waals surface area contributed by atoms with Crippen molar-refractivity contribution in [1.82, 2.24) is 15.5 Å². The van der Waals surface area contributed by atoms with Crippen LogP contribution in [0.4, 0.5) is 4.79 Å². The van der Waals surface area contributed by atoms with Crippen molar-refractivity contribution in [2.45, 2.75) is 51.4 Å². The first-order valence-corrected chi connectivity index (χ1v) is 13.2. The third kappa shape index (κ3) is 9.35. The van der Waals surface area contributed by atoms with Gasteiger partial charge in [-0.15, -0.1) is 0 Å². The Morgan fingerprint density at radius 1 is 1.11 bits per heavy atom. The van der Waals surface area contributed by atoms with Crippen LogP contribution in [0.5, 0.6) is 5.75 Å². The van der Waals surface area contributed by atoms with Crippen LogP contribution in [0.2, 0.25) is 0 Å². The number of alkyl carbamates (subject to hydrolysis) is 1. The van der Waals surface area contributed by atoms with Gasteiger partial charge in [-0.3, -0.25) is 9.59 Å². The summed E-state index contributed by atoms with van der Waals surface area (Å²) in [7, 11) is 0. The average molecular weight is 527 g/mol. The monoisotopic (exact) mass is 526 g/mol. The van der Waals surface area contributed by atoms with Crippen molar-refractivity contribution in [3.05, 3.63) is 65.7 Å². The van der Waals surface area contributed by atoms with Crippen LogP contribution in [0.3, 0.4) is 0 Å². The summed E-state index contributed by atoms with van der Waals surface area (Å²) < 4.78 is 5.33. The highest BCUT2D eigenvalue weighted by molar-refractivity contribution is 7.98. The van der Waals surface area contributed by atoms with Crippen LogP contribution in [0.25, 0.3) is 0 Å². The van der Waals surface area contributed by atoms with Crippen LogP contribution in [-0.2, 0) is 20.9 Å². The number of nitriles is 1. The standard InChI is InChI=1S/C27H34N4O5S/c1-27(2,3)36-26(35)30-21(14-17-37-4)25(34)31(16-15-28)23(20-12-8-9-13-22(20)32)24(33)29-18-19-10-6-5-7-11-19/h5-13,21,23,32H,14,16-18H2,1-4H3,(H,29,33)(H,30,35). The van der Waals surface area contributed by atoms with Gasteiger partial charge in [-0.25, -0.2) is 4.79 Å². The summed E-state index contributed by atoms with van der Waals surface area (Å²) in [6.07, 6.45) is 1.33. The van der Waals surface area contributed by atoms with E-state index in [9.17, 15) is 24.8 Å². The van der Waals surface area contributed by atoms with Gasteiger partial charge in [-0.05, 0) is 50.8 Å². The Labute approximate surface area is 222 Å². The van der Waals surface area contributed by atoms with Gasteiger partial charge >= 0.3 is 6.09 Å². The van der Waals surface area contributed by atoms with Crippen molar-refractivity contribution < 1.29 is 24.2 Å². The van der Waals surface area contributed by atoms with Gasteiger partial charge in [0.25, 0.3) is 0 Å². The number of carbonyl (C=O) groups is 3. The zero-order chi connectivity index (χ0) is 27.4. The number of hydrogen-bond donors (Lipinski definition) is 3. The molecule has 2 rings (SSSR count). The smallest absolute Gasteiger partial charge is 0.408 e. The average Bonchev–Trinajstić information content (AvgIpc) is 2.85. The van der Waals surface area contributed by atoms with Crippen molar-refractivity contribution >= 4 is 29.7 Å². The molecule has 0 radical (unpaired) electrons. The topological polar surface area (TPSA) is 132 Å². The van der Waals surface area contributed by atoms with E-state index in [4.69, 9.17) is 4.74 Å². The van der Waals surface area contributed by atoms with Crippen LogP contribution in [0.15, 0.2) is 54.6 Å². The number of phenols is 1. The number of rotatable bonds is 11. The number of phenolic OH excluding ortho intramolecular Hbond substituents is 1. The summed E-state index contributed by atoms with van der Waals surface area (Å²) in [6, 6.07) is 15.0. The lowest BCUT2D eigenvalue weighted by atomic mass is 10.0. The van der Waals surface area contributed by atoms with Crippen molar-refractivity contribution in [2.75, 3.05) is 18.6 Å². The molecule has 0 saturated carbocycles. The number of benzene rings is 2. The summed E-state index contributed by atoms with van der Waals surface area (Å²) in [5, 5.41) is 25.6. The highest BCUT2D eigenvalue weighted by Crippen LogP contribution is 2.30. The molecule has 0 aliphatic heterocycles. The molecule has 0 aliphatic rings. The van der Waals surface area contributed by atoms with E-state index >= 15 is 0 Å². The number of hydrogen-bond acceptors (Lipinski definition) is 7. The quantitative estimate of drug-likeness (QED) is 0.380. The number of nitrogens with zero attached hydrogens (tertiary/aromatic N) is 2. The van der Waals surface area contributed by atoms with E-state index in [1.165, 1.54) is 23.9 Å². The van der Waals surface area contributed by atoms with E-state index < -0.39 is 42.1 Å². The highest BCUT2D eigenvalue weighted by atomic mass is 32.2. The van der Waals surface area contributed by atoms with Crippen LogP contribution >= 0.6 is 11.8 Å². The maximum Gasteiger partial charge on any atom is 0.408 e. The third-order valence-electron chi connectivity index (χ3n) is 5.22. The fourth-order valence-corrected chi connectivity index (χ4v) is 4.04. The maximum absolute atomic E-state index is 13.8. The lowest BCUT2D eigenvalue weighted by Crippen LogP contribution is -2.53. The molecule has 2 aromatic carbocycles. The van der Waals surface area contributed by atoms with E-state index in [2.05, 4.69) is 10.6 Å². The molecule has 0 saturated heterocycles. The molecule has 37 heavy (non-hydrogen) atoms. The lowest BCUT2D eigenvalue weighted by molar-refractivity contribution is -0.141. The Kier molecular flexibility index (Phi) is 11.3. The van der Waals surface area contributed by atoms with E-state index in [-0.39, 0.29) is 24.3 Å². The fourth-order valence-electron chi connectivity index (χ4n) is 3.57. The molecule has 0 heterocycles. The van der Waals surface area contributed by atoms with E-state index in [1.807, 2.05) is 42.7 Å². The molecule has 2 unspecified atom stereocenters. The molecular weight excluding hydrogens is 492 g/mol. The predicted octanol–water partition coefficient (Wildman–Crippen LogP) is 3.75. The Balaban J connectivity index is 2.42. The molecule has 2 aromatic rings. The fraction of sp³-hybridized carbons (Fsp3) is 0.407. The van der Waals surface area contributed by atoms with Crippen LogP contribution in [0.1, 0.15) is 44.4 Å². The zero-order valence-corrected chi connectivity index (χ0v) is 22.4. The van der Waals surface area contributed by atoms with E-state index in [1.54, 1.807) is 32.9 Å². The normalized spacial score (nSPS) is 12.5. The minimum atomic E-state index is -1.31. The van der Waals surface area contributed by atoms with Crippen molar-refractivity contribution in [3.8, 4) is 11.8 Å². The van der Waals surface area contributed by atoms with Crippen molar-refractivity contribution in [2.24, 2.45) is 0 Å². The summed E-state index contributed by atoms with van der Waals surface area (Å²) >= 11 is 1.48. The second-order valence-corrected chi connectivity index (χ2v) is 10.3. The summed E-state index contributed by atoms with van der Waals surface area (Å²) in [5.74, 6) is -0.869. The number of nitrogens with one attached hydrogen (secondary N) is 2. The predicted molar refractivity (Wildman–Crippen MR) is 143 cm³/mol. The molecule has 9 nitrogen and oxygen atoms in total. The maximum atomic E-state index is 13.8. The summed E-state index contributed by atoms with van der Waals surface area (Å²) in [4.78, 5) is 40.9. The largest absolute Gasteiger partial charge is 0.508 e. The first kappa shape index (κ1) is 29.5. The molecule has 0 aliphatic carbocycles. The number of carbonyl (C=O) groups excluding carboxylic acids is 3. The minimum Gasteiger partial charge on any atom is -0.508 e. The van der Waals surface area contributed by atoms with Gasteiger partial charge in [0.2, 0.25) is 11.8 Å². The first-order valence-electron chi connectivity index (χ1n) is 11.8. The molecule has 0 fully saturated rings. The van der Waals surface area contributed by atoms with Crippen LogP contribution < -0.4 is 10.6 Å². The molecule has 0 spiro atoms. The van der Waals surface area contributed by atoms with Gasteiger partial charge in [0, 0.05) is 12.1 Å². The van der Waals surface area contributed by atoms with Gasteiger partial charge in [-0.2, -0.15) is 17.0 Å². The Morgan fingerprint density at radius 2 is 1.76 bits per heavy atom. The van der Waals surface area contributed by atoms with Crippen molar-refractivity contribution in [3.63, 3.8) is 0 Å². The number of para-hydroxylation sites is 1. The van der Waals surface area contributed by atoms with Crippen LogP contribution in [0, 0.1) is 11.3 Å². The van der Waals surface area contributed by atoms with Crippen LogP contribution in [-0.4, -0.2) is 58.1 Å². The van der Waals surface area contributed by atoms with Gasteiger partial charge in [-0.1, -0.05) is 48.5 Å². The molecule has 0 bridgehead atoms. The second kappa shape index (κ2) is 14.1. The molecule has 3 amide bonds. The molecule has 0 aromatic heterocycles. The summed E-state index contributed by atoms with van der Waals surface area (Å²) in [5.41, 5.74) is 0.228. The van der Waals surface area contributed by atoms with Gasteiger partial charge < -0.3 is 25.4 Å². The Hall–Kier alpha value is -3.71. The molecule has 198 valence electrons. The molecular formula is C27H34N4O5S. The highest BCUT2D eigenvalue weighted by Gasteiger charge is 2.37. The SMILES string of the molecule is CSCCC(NC(=O)OC(C)(C)C)C(=O)N(CC#N)C(C(=O)NCc1ccccc1)c1ccccc1O. The van der Waals surface area contributed by atoms with Gasteiger partial charge in [0.05, 0.1) is 6.07 Å². The first-order chi connectivity index (χ1) is 17.6. The minimum absolute atomic E-state index is 0.164. The third-order valence-corrected chi connectivity index (χ3v) is 5.87. The Morgan fingerprint density at radius 3 is 2.35 bits per heavy atom. The molecule has 3 N–H and O–H groups in total. The number of ether oxygens (including phenoxy) is 1. The molecule has 10 heteroatoms. The Bertz CT molecular complexity index is 1100. The number of amides is 3. The van der Waals surface area contributed by atoms with Crippen molar-refractivity contribution in [1.29, 1.82) is 5.26 Å². The summed E-state index contributed by atoms with van der Waals surface area (Å²) in [6.45, 7) is 4.86. The van der Waals surface area contributed by atoms with E-state index in [0.717, 1.165) is 10.5 Å². The second-order valence-electron chi connectivity index (χ2n) is 9.27. The van der Waals surface area contributed by atoms with Gasteiger partial charge in [0.15, 0.2) is 0 Å². The zero-order valence-electron chi connectivity index (χ0n) is 21.6.